The second-order valence-corrected chi connectivity index (χ2v) is 6.34. The number of hydrogen-bond donors (Lipinski definition) is 3. The first-order valence-electron chi connectivity index (χ1n) is 7.06. The first kappa shape index (κ1) is 15.7. The van der Waals surface area contributed by atoms with Crippen molar-refractivity contribution in [3.63, 3.8) is 0 Å². The molecule has 3 N–H and O–H groups in total. The Labute approximate surface area is 127 Å². The summed E-state index contributed by atoms with van der Waals surface area (Å²) in [6, 6.07) is -0.360. The Hall–Kier alpha value is -1.70. The molecule has 0 unspecified atom stereocenters. The van der Waals surface area contributed by atoms with Gasteiger partial charge in [-0.2, -0.15) is 4.37 Å². The molecule has 0 atom stereocenters. The van der Waals surface area contributed by atoms with Crippen LogP contribution in [0.5, 0.6) is 0 Å². The van der Waals surface area contributed by atoms with Gasteiger partial charge in [0, 0.05) is 18.1 Å². The van der Waals surface area contributed by atoms with Gasteiger partial charge in [0.25, 0.3) is 0 Å². The maximum absolute atomic E-state index is 11.9. The molecule has 1 aromatic heterocycles. The largest absolute Gasteiger partial charge is 0.481 e. The third-order valence-electron chi connectivity index (χ3n) is 3.81. The predicted octanol–water partition coefficient (Wildman–Crippen LogP) is 2.39. The Morgan fingerprint density at radius 3 is 2.62 bits per heavy atom. The number of aliphatic carboxylic acids is 1. The van der Waals surface area contributed by atoms with Crippen LogP contribution in [0.1, 0.15) is 44.3 Å². The van der Waals surface area contributed by atoms with E-state index in [1.165, 1.54) is 0 Å². The monoisotopic (exact) mass is 312 g/mol. The first-order valence-corrected chi connectivity index (χ1v) is 7.83. The summed E-state index contributed by atoms with van der Waals surface area (Å²) in [5.41, 5.74) is -0.321. The summed E-state index contributed by atoms with van der Waals surface area (Å²) in [5, 5.41) is 14.9. The normalized spacial score (nSPS) is 17.2. The van der Waals surface area contributed by atoms with Gasteiger partial charge < -0.3 is 10.4 Å². The smallest absolute Gasteiger partial charge is 0.321 e. The van der Waals surface area contributed by atoms with Crippen molar-refractivity contribution in [2.24, 2.45) is 5.41 Å². The molecule has 1 fully saturated rings. The van der Waals surface area contributed by atoms with Gasteiger partial charge in [-0.3, -0.25) is 10.1 Å². The minimum atomic E-state index is -0.807. The van der Waals surface area contributed by atoms with E-state index in [4.69, 9.17) is 5.11 Å². The average Bonchev–Trinajstić information content (AvgIpc) is 2.82. The lowest BCUT2D eigenvalue weighted by Gasteiger charge is -2.36. The van der Waals surface area contributed by atoms with E-state index in [1.54, 1.807) is 6.92 Å². The molecule has 116 valence electrons. The lowest BCUT2D eigenvalue weighted by atomic mass is 9.72. The second-order valence-electron chi connectivity index (χ2n) is 5.59. The summed E-state index contributed by atoms with van der Waals surface area (Å²) in [6.07, 6.45) is 4.97. The Morgan fingerprint density at radius 1 is 1.33 bits per heavy atom. The van der Waals surface area contributed by atoms with Crippen LogP contribution in [-0.2, 0) is 4.79 Å². The van der Waals surface area contributed by atoms with Gasteiger partial charge in [0.2, 0.25) is 5.13 Å². The van der Waals surface area contributed by atoms with Crippen molar-refractivity contribution in [2.45, 2.75) is 45.4 Å². The molecule has 0 aromatic carbocycles. The van der Waals surface area contributed by atoms with Gasteiger partial charge in [-0.1, -0.05) is 19.3 Å². The third-order valence-corrected chi connectivity index (χ3v) is 4.53. The molecule has 0 aliphatic heterocycles. The van der Waals surface area contributed by atoms with Crippen LogP contribution >= 0.6 is 11.5 Å². The summed E-state index contributed by atoms with van der Waals surface area (Å²) < 4.78 is 3.98. The number of carboxylic acids is 1. The molecule has 1 aromatic rings. The number of anilines is 1. The standard InChI is InChI=1S/C13H20N4O3S/c1-9-15-12(21-17-9)16-11(20)14-8-13(7-10(18)19)5-3-2-4-6-13/h2-8H2,1H3,(H,18,19)(H2,14,15,16,17,20). The van der Waals surface area contributed by atoms with Crippen molar-refractivity contribution < 1.29 is 14.7 Å². The molecule has 0 saturated heterocycles. The fraction of sp³-hybridized carbons (Fsp3) is 0.692. The number of urea groups is 1. The number of aryl methyl sites for hydroxylation is 1. The molecule has 0 spiro atoms. The van der Waals surface area contributed by atoms with E-state index in [2.05, 4.69) is 20.0 Å². The lowest BCUT2D eigenvalue weighted by Crippen LogP contribution is -2.42. The number of carbonyl (C=O) groups excluding carboxylic acids is 1. The molecule has 1 heterocycles. The molecular formula is C13H20N4O3S. The highest BCUT2D eigenvalue weighted by atomic mass is 32.1. The highest BCUT2D eigenvalue weighted by Gasteiger charge is 2.34. The van der Waals surface area contributed by atoms with E-state index in [-0.39, 0.29) is 17.9 Å². The molecule has 1 aliphatic carbocycles. The van der Waals surface area contributed by atoms with Crippen LogP contribution in [0.15, 0.2) is 0 Å². The Morgan fingerprint density at radius 2 is 2.05 bits per heavy atom. The van der Waals surface area contributed by atoms with Gasteiger partial charge in [0.15, 0.2) is 0 Å². The number of rotatable bonds is 5. The maximum Gasteiger partial charge on any atom is 0.321 e. The van der Waals surface area contributed by atoms with E-state index in [0.29, 0.717) is 17.5 Å². The highest BCUT2D eigenvalue weighted by molar-refractivity contribution is 7.09. The van der Waals surface area contributed by atoms with Crippen molar-refractivity contribution in [1.29, 1.82) is 0 Å². The van der Waals surface area contributed by atoms with Crippen LogP contribution in [0.3, 0.4) is 0 Å². The molecule has 0 radical (unpaired) electrons. The van der Waals surface area contributed by atoms with Crippen molar-refractivity contribution in [3.05, 3.63) is 5.82 Å². The van der Waals surface area contributed by atoms with Crippen LogP contribution < -0.4 is 10.6 Å². The van der Waals surface area contributed by atoms with Crippen molar-refractivity contribution in [2.75, 3.05) is 11.9 Å². The highest BCUT2D eigenvalue weighted by Crippen LogP contribution is 2.38. The van der Waals surface area contributed by atoms with Gasteiger partial charge in [-0.05, 0) is 25.2 Å². The number of carbonyl (C=O) groups is 2. The zero-order chi connectivity index (χ0) is 15.3. The van der Waals surface area contributed by atoms with Crippen LogP contribution in [-0.4, -0.2) is 33.0 Å². The number of carboxylic acid groups (broad SMARTS) is 1. The quantitative estimate of drug-likeness (QED) is 0.774. The van der Waals surface area contributed by atoms with Crippen LogP contribution in [0.25, 0.3) is 0 Å². The van der Waals surface area contributed by atoms with E-state index < -0.39 is 5.97 Å². The molecule has 7 nitrogen and oxygen atoms in total. The lowest BCUT2D eigenvalue weighted by molar-refractivity contribution is -0.140. The zero-order valence-corrected chi connectivity index (χ0v) is 12.8. The first-order chi connectivity index (χ1) is 9.99. The van der Waals surface area contributed by atoms with E-state index in [1.807, 2.05) is 0 Å². The Balaban J connectivity index is 1.88. The third kappa shape index (κ3) is 4.66. The fourth-order valence-corrected chi connectivity index (χ4v) is 3.37. The maximum atomic E-state index is 11.9. The summed E-state index contributed by atoms with van der Waals surface area (Å²) in [5.74, 6) is -0.191. The topological polar surface area (TPSA) is 104 Å². The molecule has 2 amide bonds. The summed E-state index contributed by atoms with van der Waals surface area (Å²) >= 11 is 1.12. The van der Waals surface area contributed by atoms with Crippen molar-refractivity contribution >= 4 is 28.7 Å². The fourth-order valence-electron chi connectivity index (χ4n) is 2.80. The number of nitrogens with one attached hydrogen (secondary N) is 2. The van der Waals surface area contributed by atoms with E-state index >= 15 is 0 Å². The molecule has 0 bridgehead atoms. The van der Waals surface area contributed by atoms with Gasteiger partial charge in [0.05, 0.1) is 6.42 Å². The summed E-state index contributed by atoms with van der Waals surface area (Å²) in [6.45, 7) is 2.13. The minimum Gasteiger partial charge on any atom is -0.481 e. The van der Waals surface area contributed by atoms with E-state index in [0.717, 1.165) is 43.6 Å². The molecule has 1 saturated carbocycles. The molecule has 1 aliphatic rings. The number of aromatic nitrogens is 2. The van der Waals surface area contributed by atoms with E-state index in [9.17, 15) is 9.59 Å². The summed E-state index contributed by atoms with van der Waals surface area (Å²) in [7, 11) is 0. The van der Waals surface area contributed by atoms with Crippen LogP contribution in [0.2, 0.25) is 0 Å². The van der Waals surface area contributed by atoms with Gasteiger partial charge >= 0.3 is 12.0 Å². The van der Waals surface area contributed by atoms with Crippen LogP contribution in [0, 0.1) is 12.3 Å². The summed E-state index contributed by atoms with van der Waals surface area (Å²) in [4.78, 5) is 27.0. The molecule has 8 heteroatoms. The van der Waals surface area contributed by atoms with Crippen LogP contribution in [0.4, 0.5) is 9.93 Å². The SMILES string of the molecule is Cc1nsc(NC(=O)NCC2(CC(=O)O)CCCCC2)n1. The second kappa shape index (κ2) is 6.84. The van der Waals surface area contributed by atoms with Gasteiger partial charge in [-0.25, -0.2) is 9.78 Å². The van der Waals surface area contributed by atoms with Crippen molar-refractivity contribution in [1.82, 2.24) is 14.7 Å². The van der Waals surface area contributed by atoms with Gasteiger partial charge in [0.1, 0.15) is 5.82 Å². The number of amides is 2. The van der Waals surface area contributed by atoms with Crippen molar-refractivity contribution in [3.8, 4) is 0 Å². The predicted molar refractivity (Wildman–Crippen MR) is 79.4 cm³/mol. The zero-order valence-electron chi connectivity index (χ0n) is 12.0. The molecule has 2 rings (SSSR count). The molecular weight excluding hydrogens is 292 g/mol. The Kier molecular flexibility index (Phi) is 5.11. The number of nitrogens with zero attached hydrogens (tertiary/aromatic N) is 2. The molecule has 21 heavy (non-hydrogen) atoms. The Bertz CT molecular complexity index is 511. The average molecular weight is 312 g/mol. The number of hydrogen-bond acceptors (Lipinski definition) is 5. The van der Waals surface area contributed by atoms with Gasteiger partial charge in [-0.15, -0.1) is 0 Å². The minimum absolute atomic E-state index is 0.102.